The summed E-state index contributed by atoms with van der Waals surface area (Å²) in [7, 11) is 0. The molecule has 0 bridgehead atoms. The Bertz CT molecular complexity index is 928. The van der Waals surface area contributed by atoms with E-state index in [0.29, 0.717) is 17.7 Å². The van der Waals surface area contributed by atoms with Gasteiger partial charge in [-0.2, -0.15) is 0 Å². The molecule has 0 radical (unpaired) electrons. The molecular formula is C21H19F3N2O2. The maximum Gasteiger partial charge on any atom is 0.226 e. The van der Waals surface area contributed by atoms with Crippen LogP contribution in [0.15, 0.2) is 47.6 Å². The van der Waals surface area contributed by atoms with Gasteiger partial charge in [0.1, 0.15) is 17.5 Å². The van der Waals surface area contributed by atoms with Gasteiger partial charge in [-0.25, -0.2) is 13.2 Å². The van der Waals surface area contributed by atoms with Crippen LogP contribution in [0.3, 0.4) is 0 Å². The number of carbonyl (C=O) groups is 1. The Hall–Kier alpha value is -2.83. The fraction of sp³-hybridized carbons (Fsp3) is 0.333. The standard InChI is InChI=1S/C21H19F3N2O2/c22-16-3-1-2-14(8-16)20-10-18(28-25-20)12-26(21(27)13-4-5-13)11-15-6-7-17(23)9-19(15)24/h1-3,6-9,13,18H,4-5,10-12H2/t18-/m0/s1. The highest BCUT2D eigenvalue weighted by atomic mass is 19.1. The topological polar surface area (TPSA) is 41.9 Å². The van der Waals surface area contributed by atoms with Crippen LogP contribution in [0.2, 0.25) is 0 Å². The highest BCUT2D eigenvalue weighted by molar-refractivity contribution is 6.01. The van der Waals surface area contributed by atoms with Crippen LogP contribution in [-0.2, 0) is 16.2 Å². The minimum atomic E-state index is -0.683. The van der Waals surface area contributed by atoms with Crippen LogP contribution >= 0.6 is 0 Å². The number of halogens is 3. The van der Waals surface area contributed by atoms with E-state index in [1.54, 1.807) is 17.0 Å². The molecule has 4 nitrogen and oxygen atoms in total. The molecule has 0 spiro atoms. The van der Waals surface area contributed by atoms with Crippen molar-refractivity contribution in [3.8, 4) is 0 Å². The summed E-state index contributed by atoms with van der Waals surface area (Å²) in [4.78, 5) is 19.6. The van der Waals surface area contributed by atoms with E-state index >= 15 is 0 Å². The molecule has 7 heteroatoms. The molecule has 0 N–H and O–H groups in total. The minimum Gasteiger partial charge on any atom is -0.390 e. The second-order valence-electron chi connectivity index (χ2n) is 7.21. The van der Waals surface area contributed by atoms with Crippen molar-refractivity contribution in [2.45, 2.75) is 31.9 Å². The average Bonchev–Trinajstić information content (AvgIpc) is 3.41. The van der Waals surface area contributed by atoms with Gasteiger partial charge in [0.15, 0.2) is 6.10 Å². The van der Waals surface area contributed by atoms with E-state index < -0.39 is 17.7 Å². The fourth-order valence-corrected chi connectivity index (χ4v) is 3.29. The molecule has 0 saturated heterocycles. The molecule has 4 rings (SSSR count). The number of amides is 1. The molecule has 1 aliphatic carbocycles. The van der Waals surface area contributed by atoms with Crippen molar-refractivity contribution < 1.29 is 22.8 Å². The molecule has 146 valence electrons. The number of hydrogen-bond donors (Lipinski definition) is 0. The Balaban J connectivity index is 1.45. The summed E-state index contributed by atoms with van der Waals surface area (Å²) in [5.41, 5.74) is 1.49. The molecule has 0 unspecified atom stereocenters. The van der Waals surface area contributed by atoms with E-state index in [1.165, 1.54) is 24.3 Å². The van der Waals surface area contributed by atoms with E-state index in [1.807, 2.05) is 0 Å². The van der Waals surface area contributed by atoms with Crippen LogP contribution < -0.4 is 0 Å². The molecule has 1 fully saturated rings. The number of rotatable bonds is 6. The predicted octanol–water partition coefficient (Wildman–Crippen LogP) is 4.04. The molecule has 2 aliphatic rings. The number of oxime groups is 1. The lowest BCUT2D eigenvalue weighted by Gasteiger charge is -2.25. The minimum absolute atomic E-state index is 0.0383. The normalized spacial score (nSPS) is 18.5. The van der Waals surface area contributed by atoms with Gasteiger partial charge in [0.05, 0.1) is 12.3 Å². The summed E-state index contributed by atoms with van der Waals surface area (Å²) >= 11 is 0. The zero-order valence-corrected chi connectivity index (χ0v) is 15.1. The van der Waals surface area contributed by atoms with Gasteiger partial charge in [0, 0.05) is 36.1 Å². The fourth-order valence-electron chi connectivity index (χ4n) is 3.29. The third kappa shape index (κ3) is 4.18. The highest BCUT2D eigenvalue weighted by Crippen LogP contribution is 2.32. The molecule has 1 amide bonds. The monoisotopic (exact) mass is 388 g/mol. The van der Waals surface area contributed by atoms with E-state index in [4.69, 9.17) is 4.84 Å². The van der Waals surface area contributed by atoms with Gasteiger partial charge in [0.2, 0.25) is 5.91 Å². The van der Waals surface area contributed by atoms with Crippen molar-refractivity contribution in [2.24, 2.45) is 11.1 Å². The third-order valence-electron chi connectivity index (χ3n) is 4.93. The average molecular weight is 388 g/mol. The summed E-state index contributed by atoms with van der Waals surface area (Å²) in [6.07, 6.45) is 1.66. The first-order chi connectivity index (χ1) is 13.5. The van der Waals surface area contributed by atoms with Crippen molar-refractivity contribution in [1.82, 2.24) is 4.90 Å². The lowest BCUT2D eigenvalue weighted by molar-refractivity contribution is -0.135. The number of hydrogen-bond acceptors (Lipinski definition) is 3. The molecule has 1 heterocycles. The van der Waals surface area contributed by atoms with E-state index in [-0.39, 0.29) is 36.3 Å². The van der Waals surface area contributed by atoms with Crippen molar-refractivity contribution in [3.05, 3.63) is 71.0 Å². The largest absolute Gasteiger partial charge is 0.390 e. The van der Waals surface area contributed by atoms with Gasteiger partial charge in [0.25, 0.3) is 0 Å². The second kappa shape index (κ2) is 7.66. The predicted molar refractivity (Wildman–Crippen MR) is 96.9 cm³/mol. The van der Waals surface area contributed by atoms with Crippen molar-refractivity contribution in [3.63, 3.8) is 0 Å². The zero-order valence-electron chi connectivity index (χ0n) is 15.1. The molecule has 1 saturated carbocycles. The summed E-state index contributed by atoms with van der Waals surface area (Å²) in [6.45, 7) is 0.269. The maximum atomic E-state index is 14.1. The Morgan fingerprint density at radius 3 is 2.61 bits per heavy atom. The molecular weight excluding hydrogens is 369 g/mol. The number of carbonyl (C=O) groups excluding carboxylic acids is 1. The first-order valence-electron chi connectivity index (χ1n) is 9.21. The highest BCUT2D eigenvalue weighted by Gasteiger charge is 2.36. The van der Waals surface area contributed by atoms with Gasteiger partial charge in [-0.3, -0.25) is 4.79 Å². The molecule has 1 atom stereocenters. The van der Waals surface area contributed by atoms with Crippen LogP contribution in [0.1, 0.15) is 30.4 Å². The lowest BCUT2D eigenvalue weighted by Crippen LogP contribution is -2.38. The zero-order chi connectivity index (χ0) is 19.7. The molecule has 2 aromatic carbocycles. The molecule has 28 heavy (non-hydrogen) atoms. The Kier molecular flexibility index (Phi) is 5.07. The van der Waals surface area contributed by atoms with Crippen LogP contribution in [0.5, 0.6) is 0 Å². The third-order valence-corrected chi connectivity index (χ3v) is 4.93. The Morgan fingerprint density at radius 1 is 1.11 bits per heavy atom. The van der Waals surface area contributed by atoms with Crippen molar-refractivity contribution >= 4 is 11.6 Å². The van der Waals surface area contributed by atoms with Crippen LogP contribution in [0, 0.1) is 23.4 Å². The van der Waals surface area contributed by atoms with Crippen LogP contribution in [0.25, 0.3) is 0 Å². The van der Waals surface area contributed by atoms with Gasteiger partial charge in [-0.15, -0.1) is 0 Å². The Morgan fingerprint density at radius 2 is 1.89 bits per heavy atom. The SMILES string of the molecule is O=C(C1CC1)N(Cc1ccc(F)cc1F)C[C@@H]1CC(c2cccc(F)c2)=NO1. The van der Waals surface area contributed by atoms with Crippen molar-refractivity contribution in [1.29, 1.82) is 0 Å². The molecule has 1 aliphatic heterocycles. The first-order valence-corrected chi connectivity index (χ1v) is 9.21. The van der Waals surface area contributed by atoms with E-state index in [0.717, 1.165) is 18.9 Å². The molecule has 2 aromatic rings. The van der Waals surface area contributed by atoms with E-state index in [2.05, 4.69) is 5.16 Å². The smallest absolute Gasteiger partial charge is 0.226 e. The van der Waals surface area contributed by atoms with Crippen LogP contribution in [-0.4, -0.2) is 29.2 Å². The summed E-state index contributed by atoms with van der Waals surface area (Å²) in [5.74, 6) is -1.81. The number of nitrogens with zero attached hydrogens (tertiary/aromatic N) is 2. The number of benzene rings is 2. The molecule has 0 aromatic heterocycles. The summed E-state index contributed by atoms with van der Waals surface area (Å²) < 4.78 is 40.6. The van der Waals surface area contributed by atoms with Crippen LogP contribution in [0.4, 0.5) is 13.2 Å². The summed E-state index contributed by atoms with van der Waals surface area (Å²) in [5, 5.41) is 4.03. The quantitative estimate of drug-likeness (QED) is 0.750. The second-order valence-corrected chi connectivity index (χ2v) is 7.21. The Labute approximate surface area is 160 Å². The van der Waals surface area contributed by atoms with Gasteiger partial charge in [-0.1, -0.05) is 23.4 Å². The lowest BCUT2D eigenvalue weighted by atomic mass is 10.0. The van der Waals surface area contributed by atoms with E-state index in [9.17, 15) is 18.0 Å². The maximum absolute atomic E-state index is 14.1. The van der Waals surface area contributed by atoms with Gasteiger partial charge >= 0.3 is 0 Å². The van der Waals surface area contributed by atoms with Crippen molar-refractivity contribution in [2.75, 3.05) is 6.54 Å². The first kappa shape index (κ1) is 18.5. The van der Waals surface area contributed by atoms with Gasteiger partial charge < -0.3 is 9.74 Å². The summed E-state index contributed by atoms with van der Waals surface area (Å²) in [6, 6.07) is 9.41. The van der Waals surface area contributed by atoms with Gasteiger partial charge in [-0.05, 0) is 31.0 Å².